The quantitative estimate of drug-likeness (QED) is 0.677. The maximum atomic E-state index is 5.21. The van der Waals surface area contributed by atoms with E-state index in [1.165, 1.54) is 0 Å². The summed E-state index contributed by atoms with van der Waals surface area (Å²) in [5.41, 5.74) is -0.273. The first-order valence-corrected chi connectivity index (χ1v) is 6.03. The predicted molar refractivity (Wildman–Crippen MR) is 67.3 cm³/mol. The van der Waals surface area contributed by atoms with Gasteiger partial charge in [-0.3, -0.25) is 0 Å². The SMILES string of the molecule is COCCNC(C)c1nnnn1C(C)(C)COC. The molecule has 0 bridgehead atoms. The Labute approximate surface area is 108 Å². The second kappa shape index (κ2) is 6.77. The standard InChI is InChI=1S/C11H23N5O2/c1-9(12-6-7-17-4)10-13-14-15-16(10)11(2,3)8-18-5/h9,12H,6-8H2,1-5H3. The summed E-state index contributed by atoms with van der Waals surface area (Å²) < 4.78 is 12.0. The fourth-order valence-electron chi connectivity index (χ4n) is 1.78. The zero-order chi connectivity index (χ0) is 13.6. The Hall–Kier alpha value is -1.05. The van der Waals surface area contributed by atoms with Gasteiger partial charge < -0.3 is 14.8 Å². The lowest BCUT2D eigenvalue weighted by molar-refractivity contribution is 0.0964. The van der Waals surface area contributed by atoms with Gasteiger partial charge in [0.05, 0.1) is 24.8 Å². The van der Waals surface area contributed by atoms with Gasteiger partial charge in [-0.05, 0) is 31.2 Å². The highest BCUT2D eigenvalue weighted by Crippen LogP contribution is 2.18. The summed E-state index contributed by atoms with van der Waals surface area (Å²) in [5.74, 6) is 0.799. The molecule has 0 fully saturated rings. The molecule has 7 heteroatoms. The summed E-state index contributed by atoms with van der Waals surface area (Å²) in [6.45, 7) is 8.08. The number of rotatable bonds is 8. The van der Waals surface area contributed by atoms with Crippen molar-refractivity contribution in [2.24, 2.45) is 0 Å². The highest BCUT2D eigenvalue weighted by Gasteiger charge is 2.27. The van der Waals surface area contributed by atoms with Crippen LogP contribution < -0.4 is 5.32 Å². The normalized spacial score (nSPS) is 13.8. The van der Waals surface area contributed by atoms with Crippen LogP contribution in [0.4, 0.5) is 0 Å². The molecule has 104 valence electrons. The van der Waals surface area contributed by atoms with Crippen LogP contribution in [0.2, 0.25) is 0 Å². The first-order chi connectivity index (χ1) is 8.53. The van der Waals surface area contributed by atoms with Crippen LogP contribution in [0.5, 0.6) is 0 Å². The first kappa shape index (κ1) is 15.0. The van der Waals surface area contributed by atoms with Crippen molar-refractivity contribution >= 4 is 0 Å². The van der Waals surface area contributed by atoms with Crippen molar-refractivity contribution in [3.63, 3.8) is 0 Å². The molecule has 1 N–H and O–H groups in total. The van der Waals surface area contributed by atoms with Crippen molar-refractivity contribution in [1.82, 2.24) is 25.5 Å². The van der Waals surface area contributed by atoms with Gasteiger partial charge in [-0.25, -0.2) is 4.68 Å². The van der Waals surface area contributed by atoms with Crippen molar-refractivity contribution in [2.45, 2.75) is 32.4 Å². The van der Waals surface area contributed by atoms with E-state index in [0.29, 0.717) is 13.2 Å². The second-order valence-electron chi connectivity index (χ2n) is 4.86. The van der Waals surface area contributed by atoms with Crippen molar-refractivity contribution in [2.75, 3.05) is 34.0 Å². The van der Waals surface area contributed by atoms with Crippen molar-refractivity contribution < 1.29 is 9.47 Å². The molecule has 1 unspecified atom stereocenters. The second-order valence-corrected chi connectivity index (χ2v) is 4.86. The average molecular weight is 257 g/mol. The Balaban J connectivity index is 2.75. The molecular formula is C11H23N5O2. The summed E-state index contributed by atoms with van der Waals surface area (Å²) in [4.78, 5) is 0. The van der Waals surface area contributed by atoms with Gasteiger partial charge in [0.25, 0.3) is 0 Å². The minimum atomic E-state index is -0.273. The minimum Gasteiger partial charge on any atom is -0.383 e. The maximum absolute atomic E-state index is 5.21. The zero-order valence-electron chi connectivity index (χ0n) is 11.8. The van der Waals surface area contributed by atoms with E-state index in [4.69, 9.17) is 9.47 Å². The smallest absolute Gasteiger partial charge is 0.168 e. The molecule has 18 heavy (non-hydrogen) atoms. The number of ether oxygens (including phenoxy) is 2. The first-order valence-electron chi connectivity index (χ1n) is 6.03. The van der Waals surface area contributed by atoms with Gasteiger partial charge in [0.1, 0.15) is 0 Å². The molecule has 0 spiro atoms. The zero-order valence-corrected chi connectivity index (χ0v) is 11.8. The van der Waals surface area contributed by atoms with Crippen LogP contribution in [0.15, 0.2) is 0 Å². The topological polar surface area (TPSA) is 74.1 Å². The minimum absolute atomic E-state index is 0.0614. The molecular weight excluding hydrogens is 234 g/mol. The van der Waals surface area contributed by atoms with E-state index >= 15 is 0 Å². The molecule has 1 heterocycles. The van der Waals surface area contributed by atoms with Crippen LogP contribution in [0.1, 0.15) is 32.6 Å². The molecule has 0 aliphatic heterocycles. The van der Waals surface area contributed by atoms with Crippen molar-refractivity contribution in [1.29, 1.82) is 0 Å². The van der Waals surface area contributed by atoms with E-state index in [9.17, 15) is 0 Å². The molecule has 0 aromatic carbocycles. The van der Waals surface area contributed by atoms with Gasteiger partial charge >= 0.3 is 0 Å². The van der Waals surface area contributed by atoms with E-state index in [1.54, 1.807) is 18.9 Å². The van der Waals surface area contributed by atoms with E-state index in [-0.39, 0.29) is 11.6 Å². The summed E-state index contributed by atoms with van der Waals surface area (Å²) in [7, 11) is 3.35. The lowest BCUT2D eigenvalue weighted by Gasteiger charge is -2.26. The highest BCUT2D eigenvalue weighted by molar-refractivity contribution is 4.94. The average Bonchev–Trinajstić information content (AvgIpc) is 2.78. The Kier molecular flexibility index (Phi) is 5.64. The van der Waals surface area contributed by atoms with E-state index in [2.05, 4.69) is 20.8 Å². The van der Waals surface area contributed by atoms with Crippen molar-refractivity contribution in [3.05, 3.63) is 5.82 Å². The number of hydrogen-bond donors (Lipinski definition) is 1. The van der Waals surface area contributed by atoms with Gasteiger partial charge in [-0.15, -0.1) is 5.10 Å². The lowest BCUT2D eigenvalue weighted by atomic mass is 10.1. The number of methoxy groups -OCH3 is 2. The summed E-state index contributed by atoms with van der Waals surface area (Å²) in [6.07, 6.45) is 0. The van der Waals surface area contributed by atoms with Crippen LogP contribution in [0, 0.1) is 0 Å². The molecule has 0 amide bonds. The van der Waals surface area contributed by atoms with Crippen LogP contribution in [-0.2, 0) is 15.0 Å². The van der Waals surface area contributed by atoms with Gasteiger partial charge in [0, 0.05) is 20.8 Å². The molecule has 1 atom stereocenters. The van der Waals surface area contributed by atoms with Gasteiger partial charge in [-0.1, -0.05) is 0 Å². The third-order valence-corrected chi connectivity index (χ3v) is 2.71. The lowest BCUT2D eigenvalue weighted by Crippen LogP contribution is -2.36. The van der Waals surface area contributed by atoms with Gasteiger partial charge in [-0.2, -0.15) is 0 Å². The third kappa shape index (κ3) is 3.72. The Morgan fingerprint density at radius 3 is 2.67 bits per heavy atom. The third-order valence-electron chi connectivity index (χ3n) is 2.71. The molecule has 1 aromatic rings. The van der Waals surface area contributed by atoms with Crippen LogP contribution in [0.25, 0.3) is 0 Å². The molecule has 1 aromatic heterocycles. The molecule has 0 aliphatic carbocycles. The van der Waals surface area contributed by atoms with Crippen molar-refractivity contribution in [3.8, 4) is 0 Å². The number of nitrogens with one attached hydrogen (secondary N) is 1. The molecule has 0 saturated carbocycles. The summed E-state index contributed by atoms with van der Waals surface area (Å²) in [6, 6.07) is 0.0614. The largest absolute Gasteiger partial charge is 0.383 e. The number of nitrogens with zero attached hydrogens (tertiary/aromatic N) is 4. The van der Waals surface area contributed by atoms with E-state index < -0.39 is 0 Å². The number of hydrogen-bond acceptors (Lipinski definition) is 6. The van der Waals surface area contributed by atoms with E-state index in [0.717, 1.165) is 12.4 Å². The van der Waals surface area contributed by atoms with Crippen LogP contribution in [0.3, 0.4) is 0 Å². The molecule has 0 saturated heterocycles. The summed E-state index contributed by atoms with van der Waals surface area (Å²) in [5, 5.41) is 15.2. The number of aromatic nitrogens is 4. The number of tetrazole rings is 1. The van der Waals surface area contributed by atoms with Gasteiger partial charge in [0.15, 0.2) is 5.82 Å². The fourth-order valence-corrected chi connectivity index (χ4v) is 1.78. The fraction of sp³-hybridized carbons (Fsp3) is 0.909. The van der Waals surface area contributed by atoms with Crippen LogP contribution >= 0.6 is 0 Å². The van der Waals surface area contributed by atoms with Crippen LogP contribution in [-0.4, -0.2) is 54.2 Å². The summed E-state index contributed by atoms with van der Waals surface area (Å²) >= 11 is 0. The molecule has 0 radical (unpaired) electrons. The van der Waals surface area contributed by atoms with Gasteiger partial charge in [0.2, 0.25) is 0 Å². The van der Waals surface area contributed by atoms with E-state index in [1.807, 2.05) is 20.8 Å². The Morgan fingerprint density at radius 2 is 2.06 bits per heavy atom. The monoisotopic (exact) mass is 257 g/mol. The highest BCUT2D eigenvalue weighted by atomic mass is 16.5. The Bertz CT molecular complexity index is 353. The maximum Gasteiger partial charge on any atom is 0.168 e. The Morgan fingerprint density at radius 1 is 1.33 bits per heavy atom. The molecule has 1 rings (SSSR count). The predicted octanol–water partition coefficient (Wildman–Crippen LogP) is 0.352. The molecule has 7 nitrogen and oxygen atoms in total. The molecule has 0 aliphatic rings.